The number of aliphatic hydroxyl groups excluding tert-OH is 1. The average Bonchev–Trinajstić information content (AvgIpc) is 2.81. The van der Waals surface area contributed by atoms with Gasteiger partial charge in [-0.1, -0.05) is 44.2 Å². The lowest BCUT2D eigenvalue weighted by Crippen LogP contribution is -2.34. The first kappa shape index (κ1) is 15.0. The Hall–Kier alpha value is -0.900. The van der Waals surface area contributed by atoms with Crippen molar-refractivity contribution < 1.29 is 5.11 Å². The molecule has 3 nitrogen and oxygen atoms in total. The van der Waals surface area contributed by atoms with Crippen LogP contribution in [0.3, 0.4) is 0 Å². The van der Waals surface area contributed by atoms with E-state index in [9.17, 15) is 0 Å². The second kappa shape index (κ2) is 5.71. The summed E-state index contributed by atoms with van der Waals surface area (Å²) in [4.78, 5) is 5.18. The van der Waals surface area contributed by atoms with Crippen LogP contribution in [0, 0.1) is 10.8 Å². The van der Waals surface area contributed by atoms with Crippen molar-refractivity contribution in [1.29, 1.82) is 0 Å². The molecule has 2 unspecified atom stereocenters. The standard InChI is InChI=1S/C18H28N2O/c1-17-12-19(9-6-10-21)13-18(17,2)15-20(14-17)11-16-7-4-3-5-8-16/h3-5,7-8,21H,6,9-15H2,1-2H3. The fraction of sp³-hybridized carbons (Fsp3) is 0.667. The van der Waals surface area contributed by atoms with Crippen molar-refractivity contribution in [2.75, 3.05) is 39.3 Å². The average molecular weight is 288 g/mol. The summed E-state index contributed by atoms with van der Waals surface area (Å²) in [7, 11) is 0. The first-order valence-electron chi connectivity index (χ1n) is 8.14. The highest BCUT2D eigenvalue weighted by Crippen LogP contribution is 2.51. The SMILES string of the molecule is CC12CN(CCCO)CC1(C)CN(Cc1ccccc1)C2. The molecule has 2 fully saturated rings. The molecule has 2 heterocycles. The van der Waals surface area contributed by atoms with Gasteiger partial charge in [0.15, 0.2) is 0 Å². The third kappa shape index (κ3) is 2.87. The van der Waals surface area contributed by atoms with Gasteiger partial charge in [-0.25, -0.2) is 0 Å². The summed E-state index contributed by atoms with van der Waals surface area (Å²) in [5.74, 6) is 0. The minimum Gasteiger partial charge on any atom is -0.396 e. The topological polar surface area (TPSA) is 26.7 Å². The van der Waals surface area contributed by atoms with Crippen molar-refractivity contribution in [2.45, 2.75) is 26.8 Å². The van der Waals surface area contributed by atoms with Gasteiger partial charge in [-0.2, -0.15) is 0 Å². The second-order valence-electron chi connectivity index (χ2n) is 7.54. The normalized spacial score (nSPS) is 33.5. The van der Waals surface area contributed by atoms with Crippen LogP contribution < -0.4 is 0 Å². The Balaban J connectivity index is 1.64. The molecule has 0 aromatic heterocycles. The fourth-order valence-electron chi connectivity index (χ4n) is 4.36. The Labute approximate surface area is 128 Å². The van der Waals surface area contributed by atoms with Crippen LogP contribution in [0.5, 0.6) is 0 Å². The molecule has 0 aliphatic carbocycles. The predicted octanol–water partition coefficient (Wildman–Crippen LogP) is 2.21. The second-order valence-corrected chi connectivity index (χ2v) is 7.54. The molecular formula is C18H28N2O. The lowest BCUT2D eigenvalue weighted by atomic mass is 9.71. The lowest BCUT2D eigenvalue weighted by molar-refractivity contribution is 0.203. The predicted molar refractivity (Wildman–Crippen MR) is 86.1 cm³/mol. The maximum Gasteiger partial charge on any atom is 0.0443 e. The fourth-order valence-corrected chi connectivity index (χ4v) is 4.36. The highest BCUT2D eigenvalue weighted by Gasteiger charge is 2.56. The minimum atomic E-state index is 0.310. The van der Waals surface area contributed by atoms with Gasteiger partial charge >= 0.3 is 0 Å². The summed E-state index contributed by atoms with van der Waals surface area (Å²) < 4.78 is 0. The smallest absolute Gasteiger partial charge is 0.0443 e. The van der Waals surface area contributed by atoms with E-state index in [1.807, 2.05) is 0 Å². The molecule has 2 atom stereocenters. The lowest BCUT2D eigenvalue weighted by Gasteiger charge is -2.31. The molecule has 2 saturated heterocycles. The van der Waals surface area contributed by atoms with Crippen molar-refractivity contribution >= 4 is 0 Å². The number of benzene rings is 1. The summed E-state index contributed by atoms with van der Waals surface area (Å²) >= 11 is 0. The van der Waals surface area contributed by atoms with E-state index < -0.39 is 0 Å². The maximum absolute atomic E-state index is 9.03. The molecule has 3 heteroatoms. The largest absolute Gasteiger partial charge is 0.396 e. The highest BCUT2D eigenvalue weighted by atomic mass is 16.3. The number of hydrogen-bond donors (Lipinski definition) is 1. The van der Waals surface area contributed by atoms with Crippen LogP contribution in [-0.2, 0) is 6.54 Å². The Morgan fingerprint density at radius 2 is 1.52 bits per heavy atom. The van der Waals surface area contributed by atoms with E-state index in [1.165, 1.54) is 31.7 Å². The molecule has 0 bridgehead atoms. The van der Waals surface area contributed by atoms with Gasteiger partial charge in [0.1, 0.15) is 0 Å². The van der Waals surface area contributed by atoms with Gasteiger partial charge < -0.3 is 10.0 Å². The quantitative estimate of drug-likeness (QED) is 0.900. The number of rotatable bonds is 5. The number of likely N-dealkylation sites (tertiary alicyclic amines) is 2. The van der Waals surface area contributed by atoms with E-state index in [2.05, 4.69) is 54.0 Å². The number of fused-ring (bicyclic) bond motifs is 1. The van der Waals surface area contributed by atoms with Gasteiger partial charge in [-0.05, 0) is 12.0 Å². The molecule has 2 aliphatic rings. The van der Waals surface area contributed by atoms with Gasteiger partial charge in [0.25, 0.3) is 0 Å². The van der Waals surface area contributed by atoms with Crippen LogP contribution in [0.4, 0.5) is 0 Å². The summed E-state index contributed by atoms with van der Waals surface area (Å²) in [5.41, 5.74) is 2.19. The zero-order valence-corrected chi connectivity index (χ0v) is 13.4. The molecule has 0 spiro atoms. The zero-order valence-electron chi connectivity index (χ0n) is 13.4. The minimum absolute atomic E-state index is 0.310. The van der Waals surface area contributed by atoms with Crippen LogP contribution >= 0.6 is 0 Å². The van der Waals surface area contributed by atoms with Gasteiger partial charge in [0.05, 0.1) is 0 Å². The van der Waals surface area contributed by atoms with E-state index >= 15 is 0 Å². The number of nitrogens with zero attached hydrogens (tertiary/aromatic N) is 2. The molecule has 21 heavy (non-hydrogen) atoms. The van der Waals surface area contributed by atoms with Crippen molar-refractivity contribution in [2.24, 2.45) is 10.8 Å². The Bertz CT molecular complexity index is 457. The molecular weight excluding hydrogens is 260 g/mol. The van der Waals surface area contributed by atoms with Gasteiger partial charge in [0, 0.05) is 56.7 Å². The molecule has 1 N–H and O–H groups in total. The van der Waals surface area contributed by atoms with E-state index in [0.29, 0.717) is 17.4 Å². The molecule has 0 amide bonds. The van der Waals surface area contributed by atoms with Crippen LogP contribution in [-0.4, -0.2) is 54.2 Å². The first-order valence-corrected chi connectivity index (χ1v) is 8.14. The Morgan fingerprint density at radius 3 is 2.10 bits per heavy atom. The van der Waals surface area contributed by atoms with Crippen molar-refractivity contribution in [3.05, 3.63) is 35.9 Å². The third-order valence-electron chi connectivity index (χ3n) is 5.63. The molecule has 1 aromatic carbocycles. The van der Waals surface area contributed by atoms with Gasteiger partial charge in [-0.15, -0.1) is 0 Å². The van der Waals surface area contributed by atoms with E-state index in [0.717, 1.165) is 19.5 Å². The molecule has 2 aliphatic heterocycles. The summed E-state index contributed by atoms with van der Waals surface area (Å²) in [6.45, 7) is 12.1. The summed E-state index contributed by atoms with van der Waals surface area (Å²) in [6, 6.07) is 10.8. The van der Waals surface area contributed by atoms with Crippen LogP contribution in [0.1, 0.15) is 25.8 Å². The van der Waals surface area contributed by atoms with Crippen molar-refractivity contribution in [3.63, 3.8) is 0 Å². The van der Waals surface area contributed by atoms with Crippen LogP contribution in [0.15, 0.2) is 30.3 Å². The van der Waals surface area contributed by atoms with Gasteiger partial charge in [-0.3, -0.25) is 4.90 Å². The van der Waals surface area contributed by atoms with Crippen LogP contribution in [0.2, 0.25) is 0 Å². The maximum atomic E-state index is 9.03. The van der Waals surface area contributed by atoms with Crippen molar-refractivity contribution in [1.82, 2.24) is 9.80 Å². The van der Waals surface area contributed by atoms with Crippen LogP contribution in [0.25, 0.3) is 0 Å². The Kier molecular flexibility index (Phi) is 4.08. The van der Waals surface area contributed by atoms with E-state index in [1.54, 1.807) is 0 Å². The van der Waals surface area contributed by atoms with Gasteiger partial charge in [0.2, 0.25) is 0 Å². The Morgan fingerprint density at radius 1 is 0.952 bits per heavy atom. The highest BCUT2D eigenvalue weighted by molar-refractivity contribution is 5.16. The number of hydrogen-bond acceptors (Lipinski definition) is 3. The molecule has 3 rings (SSSR count). The zero-order chi connectivity index (χ0) is 14.9. The molecule has 0 saturated carbocycles. The number of aliphatic hydroxyl groups is 1. The molecule has 116 valence electrons. The molecule has 1 aromatic rings. The third-order valence-corrected chi connectivity index (χ3v) is 5.63. The van der Waals surface area contributed by atoms with Crippen molar-refractivity contribution in [3.8, 4) is 0 Å². The monoisotopic (exact) mass is 288 g/mol. The summed E-state index contributed by atoms with van der Waals surface area (Å²) in [5, 5.41) is 9.03. The molecule has 0 radical (unpaired) electrons. The first-order chi connectivity index (χ1) is 10.0. The van der Waals surface area contributed by atoms with E-state index in [4.69, 9.17) is 5.11 Å². The van der Waals surface area contributed by atoms with E-state index in [-0.39, 0.29) is 0 Å². The summed E-state index contributed by atoms with van der Waals surface area (Å²) in [6.07, 6.45) is 0.903.